The van der Waals surface area contributed by atoms with Crippen molar-refractivity contribution in [1.29, 1.82) is 0 Å². The van der Waals surface area contributed by atoms with Crippen molar-refractivity contribution in [3.8, 4) is 0 Å². The lowest BCUT2D eigenvalue weighted by Gasteiger charge is -2.31. The summed E-state index contributed by atoms with van der Waals surface area (Å²) in [6.45, 7) is 4.16. The standard InChI is InChI=1S/C19H25N5O2.CH2O2/c1-3-6-20-17(25)8-12-4-5-16-15(7-12)18(22-21-16)19(26)24-11-13-9-14(24)10-23(13)2;2-1-3/h4-5,7,13-14H,3,6,8-11H2,1-2H3,(H,20,25)(H,21,22);1H,(H,2,3)/t13-,14-;/m0./s1. The third-order valence-electron chi connectivity index (χ3n) is 5.54. The number of amides is 2. The van der Waals surface area contributed by atoms with Crippen LogP contribution in [0.4, 0.5) is 0 Å². The molecule has 156 valence electrons. The number of hydrogen-bond acceptors (Lipinski definition) is 5. The van der Waals surface area contributed by atoms with E-state index >= 15 is 0 Å². The van der Waals surface area contributed by atoms with Gasteiger partial charge in [-0.2, -0.15) is 5.10 Å². The van der Waals surface area contributed by atoms with Gasteiger partial charge in [0.1, 0.15) is 0 Å². The van der Waals surface area contributed by atoms with Crippen molar-refractivity contribution in [3.63, 3.8) is 0 Å². The molecule has 2 aliphatic rings. The molecular formula is C20H27N5O4. The summed E-state index contributed by atoms with van der Waals surface area (Å²) in [5.74, 6) is -0.00750. The lowest BCUT2D eigenvalue weighted by molar-refractivity contribution is -0.123. The molecule has 1 aromatic carbocycles. The van der Waals surface area contributed by atoms with Gasteiger partial charge in [0.2, 0.25) is 5.91 Å². The molecule has 2 saturated heterocycles. The normalized spacial score (nSPS) is 20.4. The minimum absolute atomic E-state index is 0.00228. The Labute approximate surface area is 169 Å². The molecule has 1 aromatic heterocycles. The maximum absolute atomic E-state index is 13.0. The maximum Gasteiger partial charge on any atom is 0.290 e. The van der Waals surface area contributed by atoms with Crippen molar-refractivity contribution in [2.45, 2.75) is 38.3 Å². The topological polar surface area (TPSA) is 119 Å². The molecule has 3 heterocycles. The molecule has 2 amide bonds. The fourth-order valence-corrected chi connectivity index (χ4v) is 4.10. The number of nitrogens with one attached hydrogen (secondary N) is 2. The summed E-state index contributed by atoms with van der Waals surface area (Å²) >= 11 is 0. The molecule has 2 atom stereocenters. The molecule has 29 heavy (non-hydrogen) atoms. The molecule has 0 saturated carbocycles. The molecule has 0 unspecified atom stereocenters. The van der Waals surface area contributed by atoms with E-state index in [0.29, 0.717) is 24.7 Å². The first-order valence-corrected chi connectivity index (χ1v) is 9.81. The van der Waals surface area contributed by atoms with Crippen molar-refractivity contribution < 1.29 is 19.5 Å². The zero-order chi connectivity index (χ0) is 21.0. The van der Waals surface area contributed by atoms with Gasteiger partial charge in [-0.1, -0.05) is 13.0 Å². The first-order valence-electron chi connectivity index (χ1n) is 9.81. The van der Waals surface area contributed by atoms with E-state index in [1.165, 1.54) is 0 Å². The second-order valence-corrected chi connectivity index (χ2v) is 7.52. The number of hydrogen-bond donors (Lipinski definition) is 3. The zero-order valence-electron chi connectivity index (χ0n) is 16.7. The Morgan fingerprint density at radius 2 is 2.10 bits per heavy atom. The van der Waals surface area contributed by atoms with Gasteiger partial charge in [0.25, 0.3) is 12.4 Å². The summed E-state index contributed by atoms with van der Waals surface area (Å²) in [4.78, 5) is 37.7. The fraction of sp³-hybridized carbons (Fsp3) is 0.500. The number of aromatic amines is 1. The molecule has 0 aliphatic carbocycles. The van der Waals surface area contributed by atoms with Gasteiger partial charge < -0.3 is 15.3 Å². The molecule has 9 nitrogen and oxygen atoms in total. The van der Waals surface area contributed by atoms with Crippen LogP contribution in [0, 0.1) is 0 Å². The van der Waals surface area contributed by atoms with Crippen LogP contribution in [-0.2, 0) is 16.0 Å². The number of fused-ring (bicyclic) bond motifs is 3. The fourth-order valence-electron chi connectivity index (χ4n) is 4.10. The summed E-state index contributed by atoms with van der Waals surface area (Å²) in [6, 6.07) is 6.47. The predicted octanol–water partition coefficient (Wildman–Crippen LogP) is 0.861. The highest BCUT2D eigenvalue weighted by atomic mass is 16.3. The highest BCUT2D eigenvalue weighted by Crippen LogP contribution is 2.31. The number of aromatic nitrogens is 2. The number of likely N-dealkylation sites (tertiary alicyclic amines) is 2. The second-order valence-electron chi connectivity index (χ2n) is 7.52. The number of carbonyl (C=O) groups excluding carboxylic acids is 2. The SMILES string of the molecule is CCCNC(=O)Cc1ccc2[nH]nc(C(=O)N3C[C@@H]4C[C@H]3CN4C)c2c1.O=CO. The van der Waals surface area contributed by atoms with E-state index in [0.717, 1.165) is 42.4 Å². The average Bonchev–Trinajstić information content (AvgIpc) is 3.39. The van der Waals surface area contributed by atoms with E-state index < -0.39 is 0 Å². The van der Waals surface area contributed by atoms with Gasteiger partial charge >= 0.3 is 0 Å². The third kappa shape index (κ3) is 4.40. The van der Waals surface area contributed by atoms with E-state index in [4.69, 9.17) is 9.90 Å². The number of H-pyrrole nitrogens is 1. The Morgan fingerprint density at radius 3 is 2.72 bits per heavy atom. The van der Waals surface area contributed by atoms with Crippen LogP contribution < -0.4 is 5.32 Å². The lowest BCUT2D eigenvalue weighted by atomic mass is 10.1. The largest absolute Gasteiger partial charge is 0.483 e. The van der Waals surface area contributed by atoms with E-state index in [1.807, 2.05) is 30.0 Å². The van der Waals surface area contributed by atoms with Crippen molar-refractivity contribution in [2.24, 2.45) is 0 Å². The molecule has 3 N–H and O–H groups in total. The summed E-state index contributed by atoms with van der Waals surface area (Å²) in [7, 11) is 2.12. The van der Waals surface area contributed by atoms with Gasteiger partial charge in [-0.3, -0.25) is 24.4 Å². The molecule has 0 spiro atoms. The number of likely N-dealkylation sites (N-methyl/N-ethyl adjacent to an activating group) is 1. The molecule has 2 bridgehead atoms. The number of rotatable bonds is 5. The Kier molecular flexibility index (Phi) is 6.48. The van der Waals surface area contributed by atoms with E-state index in [2.05, 4.69) is 27.5 Å². The zero-order valence-corrected chi connectivity index (χ0v) is 16.7. The quantitative estimate of drug-likeness (QED) is 0.640. The van der Waals surface area contributed by atoms with Crippen molar-refractivity contribution in [3.05, 3.63) is 29.5 Å². The molecular weight excluding hydrogens is 374 g/mol. The highest BCUT2D eigenvalue weighted by molar-refractivity contribution is 6.05. The van der Waals surface area contributed by atoms with Gasteiger partial charge in [-0.05, 0) is 37.6 Å². The van der Waals surface area contributed by atoms with Crippen LogP contribution in [-0.4, -0.2) is 82.2 Å². The molecule has 0 radical (unpaired) electrons. The number of nitrogens with zero attached hydrogens (tertiary/aromatic N) is 3. The first kappa shape index (κ1) is 20.8. The highest BCUT2D eigenvalue weighted by Gasteiger charge is 2.44. The number of carboxylic acid groups (broad SMARTS) is 1. The summed E-state index contributed by atoms with van der Waals surface area (Å²) in [6.07, 6.45) is 2.28. The van der Waals surface area contributed by atoms with Crippen molar-refractivity contribution in [1.82, 2.24) is 25.3 Å². The summed E-state index contributed by atoms with van der Waals surface area (Å²) in [5.41, 5.74) is 2.18. The number of carbonyl (C=O) groups is 3. The first-order chi connectivity index (χ1) is 14.0. The predicted molar refractivity (Wildman–Crippen MR) is 108 cm³/mol. The lowest BCUT2D eigenvalue weighted by Crippen LogP contribution is -2.47. The van der Waals surface area contributed by atoms with Gasteiger partial charge in [0.05, 0.1) is 11.9 Å². The average molecular weight is 401 g/mol. The van der Waals surface area contributed by atoms with Crippen LogP contribution in [0.1, 0.15) is 35.8 Å². The second kappa shape index (κ2) is 9.04. The van der Waals surface area contributed by atoms with E-state index in [9.17, 15) is 9.59 Å². The van der Waals surface area contributed by atoms with Crippen LogP contribution in [0.5, 0.6) is 0 Å². The maximum atomic E-state index is 13.0. The van der Waals surface area contributed by atoms with E-state index in [-0.39, 0.29) is 24.3 Å². The molecule has 2 fully saturated rings. The van der Waals surface area contributed by atoms with Crippen molar-refractivity contribution in [2.75, 3.05) is 26.7 Å². The monoisotopic (exact) mass is 401 g/mol. The Bertz CT molecular complexity index is 894. The minimum atomic E-state index is -0.250. The van der Waals surface area contributed by atoms with Crippen LogP contribution >= 0.6 is 0 Å². The van der Waals surface area contributed by atoms with Gasteiger partial charge in [-0.15, -0.1) is 0 Å². The van der Waals surface area contributed by atoms with Crippen molar-refractivity contribution >= 4 is 29.2 Å². The van der Waals surface area contributed by atoms with Crippen LogP contribution in [0.2, 0.25) is 0 Å². The van der Waals surface area contributed by atoms with Crippen LogP contribution in [0.15, 0.2) is 18.2 Å². The van der Waals surface area contributed by atoms with Crippen LogP contribution in [0.25, 0.3) is 10.9 Å². The van der Waals surface area contributed by atoms with Gasteiger partial charge in [0.15, 0.2) is 5.69 Å². The van der Waals surface area contributed by atoms with Crippen LogP contribution in [0.3, 0.4) is 0 Å². The van der Waals surface area contributed by atoms with Gasteiger partial charge in [0, 0.05) is 37.1 Å². The Hall–Kier alpha value is -2.94. The summed E-state index contributed by atoms with van der Waals surface area (Å²) in [5, 5.41) is 17.8. The third-order valence-corrected chi connectivity index (χ3v) is 5.54. The van der Waals surface area contributed by atoms with Gasteiger partial charge in [-0.25, -0.2) is 0 Å². The molecule has 2 aromatic rings. The summed E-state index contributed by atoms with van der Waals surface area (Å²) < 4.78 is 0. The Balaban J connectivity index is 0.000000755. The molecule has 9 heteroatoms. The van der Waals surface area contributed by atoms with E-state index in [1.54, 1.807) is 0 Å². The number of benzene rings is 1. The minimum Gasteiger partial charge on any atom is -0.483 e. The molecule has 4 rings (SSSR count). The molecule has 2 aliphatic heterocycles. The Morgan fingerprint density at radius 1 is 1.34 bits per heavy atom. The number of piperazine rings is 1. The smallest absolute Gasteiger partial charge is 0.290 e.